The second kappa shape index (κ2) is 5.55. The molecule has 108 valence electrons. The molecule has 8 heteroatoms. The number of methoxy groups -OCH3 is 1. The van der Waals surface area contributed by atoms with Gasteiger partial charge >= 0.3 is 11.7 Å². The van der Waals surface area contributed by atoms with Gasteiger partial charge in [-0.2, -0.15) is 0 Å². The molecule has 1 aromatic rings. The third-order valence-corrected chi connectivity index (χ3v) is 2.67. The van der Waals surface area contributed by atoms with Crippen LogP contribution in [0.15, 0.2) is 18.2 Å². The number of nitrogens with zero attached hydrogens (tertiary/aromatic N) is 1. The van der Waals surface area contributed by atoms with Gasteiger partial charge in [-0.25, -0.2) is 4.79 Å². The Balaban J connectivity index is 3.29. The smallest absolute Gasteiger partial charge is 0.359 e. The van der Waals surface area contributed by atoms with Crippen molar-refractivity contribution >= 4 is 17.6 Å². The fourth-order valence-electron chi connectivity index (χ4n) is 1.46. The fraction of sp³-hybridized carbons (Fsp3) is 0.333. The van der Waals surface area contributed by atoms with Crippen LogP contribution in [0, 0.1) is 17.0 Å². The lowest BCUT2D eigenvalue weighted by Gasteiger charge is -2.24. The summed E-state index contributed by atoms with van der Waals surface area (Å²) in [6, 6.07) is 4.09. The van der Waals surface area contributed by atoms with E-state index in [1.54, 1.807) is 13.0 Å². The Hall–Kier alpha value is -2.64. The van der Waals surface area contributed by atoms with E-state index >= 15 is 0 Å². The molecule has 0 aromatic heterocycles. The van der Waals surface area contributed by atoms with Crippen LogP contribution in [0.3, 0.4) is 0 Å². The molecule has 1 rings (SSSR count). The number of ether oxygens (including phenoxy) is 2. The van der Waals surface area contributed by atoms with E-state index in [0.29, 0.717) is 5.56 Å². The molecular weight excluding hydrogens is 268 g/mol. The molecule has 0 unspecified atom stereocenters. The second-order valence-corrected chi connectivity index (χ2v) is 4.22. The summed E-state index contributed by atoms with van der Waals surface area (Å²) in [5.41, 5.74) is 3.23. The molecule has 2 N–H and O–H groups in total. The average Bonchev–Trinajstić information content (AvgIpc) is 2.39. The molecule has 0 saturated carbocycles. The van der Waals surface area contributed by atoms with E-state index in [0.717, 1.165) is 14.0 Å². The van der Waals surface area contributed by atoms with Crippen LogP contribution < -0.4 is 10.5 Å². The first-order chi connectivity index (χ1) is 9.22. The first kappa shape index (κ1) is 15.4. The summed E-state index contributed by atoms with van der Waals surface area (Å²) in [5.74, 6) is -2.40. The van der Waals surface area contributed by atoms with Gasteiger partial charge in [0, 0.05) is 6.07 Å². The van der Waals surface area contributed by atoms with Crippen LogP contribution in [0.4, 0.5) is 5.69 Å². The third kappa shape index (κ3) is 2.85. The minimum atomic E-state index is -2.14. The predicted octanol–water partition coefficient (Wildman–Crippen LogP) is 0.699. The molecule has 20 heavy (non-hydrogen) atoms. The number of nitro groups is 1. The third-order valence-electron chi connectivity index (χ3n) is 2.67. The lowest BCUT2D eigenvalue weighted by atomic mass is 10.1. The molecule has 1 atom stereocenters. The summed E-state index contributed by atoms with van der Waals surface area (Å²) >= 11 is 0. The number of amides is 1. The topological polar surface area (TPSA) is 122 Å². The normalized spacial score (nSPS) is 13.2. The van der Waals surface area contributed by atoms with Gasteiger partial charge in [0.2, 0.25) is 0 Å². The molecule has 1 aromatic carbocycles. The van der Waals surface area contributed by atoms with Crippen molar-refractivity contribution in [3.05, 3.63) is 33.9 Å². The van der Waals surface area contributed by atoms with Gasteiger partial charge in [-0.3, -0.25) is 14.9 Å². The number of hydrogen-bond acceptors (Lipinski definition) is 6. The van der Waals surface area contributed by atoms with Crippen LogP contribution in [0.25, 0.3) is 0 Å². The number of carbonyl (C=O) groups is 2. The number of aryl methyl sites for hydroxylation is 1. The molecule has 0 saturated heterocycles. The van der Waals surface area contributed by atoms with E-state index in [1.165, 1.54) is 12.1 Å². The number of rotatable bonds is 5. The maximum absolute atomic E-state index is 11.6. The van der Waals surface area contributed by atoms with Crippen molar-refractivity contribution in [1.29, 1.82) is 0 Å². The maximum Gasteiger partial charge on any atom is 0.359 e. The van der Waals surface area contributed by atoms with E-state index in [9.17, 15) is 19.7 Å². The van der Waals surface area contributed by atoms with Gasteiger partial charge in [-0.1, -0.05) is 6.07 Å². The highest BCUT2D eigenvalue weighted by Gasteiger charge is 2.45. The quantitative estimate of drug-likeness (QED) is 0.367. The molecule has 8 nitrogen and oxygen atoms in total. The number of nitro benzene ring substituents is 1. The SMILES string of the molecule is COC(=O)[C@](C)(Oc1ccc(C)cc1[N+](=O)[O-])C(N)=O. The van der Waals surface area contributed by atoms with Crippen LogP contribution in [-0.2, 0) is 14.3 Å². The predicted molar refractivity (Wildman–Crippen MR) is 68.1 cm³/mol. The lowest BCUT2D eigenvalue weighted by Crippen LogP contribution is -2.53. The Kier molecular flexibility index (Phi) is 4.28. The Morgan fingerprint density at radius 3 is 2.45 bits per heavy atom. The number of primary amides is 1. The summed E-state index contributed by atoms with van der Waals surface area (Å²) in [6.07, 6.45) is 0. The summed E-state index contributed by atoms with van der Waals surface area (Å²) in [4.78, 5) is 33.3. The van der Waals surface area contributed by atoms with Gasteiger partial charge < -0.3 is 15.2 Å². The minimum Gasteiger partial charge on any atom is -0.466 e. The fourth-order valence-corrected chi connectivity index (χ4v) is 1.46. The highest BCUT2D eigenvalue weighted by Crippen LogP contribution is 2.31. The summed E-state index contributed by atoms with van der Waals surface area (Å²) in [7, 11) is 1.05. The van der Waals surface area contributed by atoms with E-state index < -0.39 is 22.4 Å². The number of nitrogens with two attached hydrogens (primary N) is 1. The Labute approximate surface area is 114 Å². The van der Waals surface area contributed by atoms with Crippen LogP contribution >= 0.6 is 0 Å². The van der Waals surface area contributed by atoms with Crippen molar-refractivity contribution in [3.8, 4) is 5.75 Å². The molecule has 0 radical (unpaired) electrons. The van der Waals surface area contributed by atoms with Crippen LogP contribution in [-0.4, -0.2) is 29.5 Å². The molecule has 0 aliphatic rings. The molecule has 0 aliphatic carbocycles. The number of hydrogen-bond donors (Lipinski definition) is 1. The van der Waals surface area contributed by atoms with Gasteiger partial charge in [-0.15, -0.1) is 0 Å². The largest absolute Gasteiger partial charge is 0.466 e. The monoisotopic (exact) mass is 282 g/mol. The Morgan fingerprint density at radius 2 is 2.00 bits per heavy atom. The van der Waals surface area contributed by atoms with Crippen LogP contribution in [0.1, 0.15) is 12.5 Å². The molecule has 0 heterocycles. The molecule has 1 amide bonds. The molecule has 0 aliphatic heterocycles. The maximum atomic E-state index is 11.6. The van der Waals surface area contributed by atoms with Crippen molar-refractivity contribution in [2.75, 3.05) is 7.11 Å². The van der Waals surface area contributed by atoms with Gasteiger partial charge in [0.1, 0.15) is 0 Å². The molecule has 0 spiro atoms. The summed E-state index contributed by atoms with van der Waals surface area (Å²) in [5, 5.41) is 11.0. The van der Waals surface area contributed by atoms with Gasteiger partial charge in [0.15, 0.2) is 5.75 Å². The van der Waals surface area contributed by atoms with E-state index in [1.807, 2.05) is 0 Å². The average molecular weight is 282 g/mol. The van der Waals surface area contributed by atoms with Crippen molar-refractivity contribution in [2.45, 2.75) is 19.4 Å². The van der Waals surface area contributed by atoms with E-state index in [4.69, 9.17) is 10.5 Å². The summed E-state index contributed by atoms with van der Waals surface area (Å²) < 4.78 is 9.61. The zero-order valence-corrected chi connectivity index (χ0v) is 11.2. The Bertz CT molecular complexity index is 571. The molecular formula is C12H14N2O6. The standard InChI is InChI=1S/C12H14N2O6/c1-7-4-5-9(8(6-7)14(17)18)20-12(2,10(13)15)11(16)19-3/h4-6H,1-3H3,(H2,13,15)/t12-/m1/s1. The number of carbonyl (C=O) groups excluding carboxylic acids is 2. The molecule has 0 fully saturated rings. The number of benzene rings is 1. The second-order valence-electron chi connectivity index (χ2n) is 4.22. The first-order valence-corrected chi connectivity index (χ1v) is 5.54. The van der Waals surface area contributed by atoms with Crippen LogP contribution in [0.5, 0.6) is 5.75 Å². The van der Waals surface area contributed by atoms with Crippen molar-refractivity contribution in [2.24, 2.45) is 5.73 Å². The highest BCUT2D eigenvalue weighted by molar-refractivity contribution is 6.05. The zero-order valence-electron chi connectivity index (χ0n) is 11.2. The van der Waals surface area contributed by atoms with Gasteiger partial charge in [0.05, 0.1) is 12.0 Å². The first-order valence-electron chi connectivity index (χ1n) is 5.54. The number of esters is 1. The molecule has 0 bridgehead atoms. The highest BCUT2D eigenvalue weighted by atomic mass is 16.6. The summed E-state index contributed by atoms with van der Waals surface area (Å²) in [6.45, 7) is 2.75. The Morgan fingerprint density at radius 1 is 1.40 bits per heavy atom. The lowest BCUT2D eigenvalue weighted by molar-refractivity contribution is -0.386. The van der Waals surface area contributed by atoms with Crippen molar-refractivity contribution in [1.82, 2.24) is 0 Å². The van der Waals surface area contributed by atoms with Crippen molar-refractivity contribution in [3.63, 3.8) is 0 Å². The zero-order chi connectivity index (χ0) is 15.5. The van der Waals surface area contributed by atoms with E-state index in [-0.39, 0.29) is 11.4 Å². The minimum absolute atomic E-state index is 0.243. The van der Waals surface area contributed by atoms with Crippen molar-refractivity contribution < 1.29 is 24.0 Å². The van der Waals surface area contributed by atoms with Gasteiger partial charge in [-0.05, 0) is 25.5 Å². The van der Waals surface area contributed by atoms with E-state index in [2.05, 4.69) is 4.74 Å². The van der Waals surface area contributed by atoms with Gasteiger partial charge in [0.25, 0.3) is 11.5 Å². The van der Waals surface area contributed by atoms with Crippen LogP contribution in [0.2, 0.25) is 0 Å².